The number of urea groups is 1. The minimum Gasteiger partial charge on any atom is -0.480 e. The Morgan fingerprint density at radius 2 is 2.33 bits per heavy atom. The summed E-state index contributed by atoms with van der Waals surface area (Å²) in [5.74, 6) is 0.401. The molecule has 0 unspecified atom stereocenters. The van der Waals surface area contributed by atoms with Crippen LogP contribution in [0.25, 0.3) is 0 Å². The number of nitrogens with one attached hydrogen (secondary N) is 1. The van der Waals surface area contributed by atoms with E-state index in [1.165, 1.54) is 0 Å². The number of hydrogen-bond donors (Lipinski definition) is 2. The Labute approximate surface area is 127 Å². The summed E-state index contributed by atoms with van der Waals surface area (Å²) in [4.78, 5) is 25.2. The number of thioether (sulfide) groups is 1. The fourth-order valence-corrected chi connectivity index (χ4v) is 2.52. The van der Waals surface area contributed by atoms with Crippen LogP contribution in [0.1, 0.15) is 25.0 Å². The van der Waals surface area contributed by atoms with E-state index in [-0.39, 0.29) is 12.1 Å². The molecule has 0 radical (unpaired) electrons. The zero-order chi connectivity index (χ0) is 15.2. The Kier molecular flexibility index (Phi) is 5.55. The molecular formula is C14H20N2O4S. The summed E-state index contributed by atoms with van der Waals surface area (Å²) >= 11 is 1.56. The van der Waals surface area contributed by atoms with Crippen LogP contribution in [0.2, 0.25) is 0 Å². The number of aliphatic carboxylic acids is 1. The van der Waals surface area contributed by atoms with Crippen LogP contribution < -0.4 is 5.32 Å². The maximum atomic E-state index is 12.3. The largest absolute Gasteiger partial charge is 0.480 e. The topological polar surface area (TPSA) is 82.8 Å². The Morgan fingerprint density at radius 1 is 1.57 bits per heavy atom. The van der Waals surface area contributed by atoms with Crippen molar-refractivity contribution < 1.29 is 19.1 Å². The van der Waals surface area contributed by atoms with Crippen LogP contribution in [-0.2, 0) is 11.3 Å². The van der Waals surface area contributed by atoms with Gasteiger partial charge in [-0.3, -0.25) is 0 Å². The van der Waals surface area contributed by atoms with Crippen molar-refractivity contribution in [1.82, 2.24) is 10.2 Å². The summed E-state index contributed by atoms with van der Waals surface area (Å²) in [6, 6.07) is 2.59. The highest BCUT2D eigenvalue weighted by atomic mass is 32.2. The highest BCUT2D eigenvalue weighted by Crippen LogP contribution is 2.28. The van der Waals surface area contributed by atoms with Gasteiger partial charge in [0.05, 0.1) is 12.8 Å². The molecule has 0 aliphatic heterocycles. The van der Waals surface area contributed by atoms with Crippen molar-refractivity contribution in [2.45, 2.75) is 37.9 Å². The molecule has 1 aliphatic rings. The van der Waals surface area contributed by atoms with E-state index in [2.05, 4.69) is 5.32 Å². The fourth-order valence-electron chi connectivity index (χ4n) is 2.05. The average Bonchev–Trinajstić information content (AvgIpc) is 3.16. The minimum atomic E-state index is -0.994. The van der Waals surface area contributed by atoms with E-state index in [1.807, 2.05) is 12.3 Å². The smallest absolute Gasteiger partial charge is 0.326 e. The van der Waals surface area contributed by atoms with Gasteiger partial charge in [0.25, 0.3) is 0 Å². The van der Waals surface area contributed by atoms with E-state index in [1.54, 1.807) is 29.0 Å². The van der Waals surface area contributed by atoms with Gasteiger partial charge < -0.3 is 19.7 Å². The summed E-state index contributed by atoms with van der Waals surface area (Å²) < 4.78 is 5.27. The zero-order valence-electron chi connectivity index (χ0n) is 11.9. The second-order valence-corrected chi connectivity index (χ2v) is 6.05. The number of nitrogens with zero attached hydrogens (tertiary/aromatic N) is 1. The predicted octanol–water partition coefficient (Wildman–Crippen LogP) is 2.16. The van der Waals surface area contributed by atoms with Crippen LogP contribution in [0.4, 0.5) is 4.79 Å². The summed E-state index contributed by atoms with van der Waals surface area (Å²) in [6.07, 6.45) is 5.81. The Hall–Kier alpha value is -1.63. The van der Waals surface area contributed by atoms with Crippen LogP contribution in [0, 0.1) is 0 Å². The first kappa shape index (κ1) is 15.8. The average molecular weight is 312 g/mol. The summed E-state index contributed by atoms with van der Waals surface area (Å²) in [6.45, 7) is 0.373. The van der Waals surface area contributed by atoms with Crippen molar-refractivity contribution in [2.75, 3.05) is 12.0 Å². The van der Waals surface area contributed by atoms with Crippen LogP contribution >= 0.6 is 11.8 Å². The van der Waals surface area contributed by atoms with Crippen molar-refractivity contribution >= 4 is 23.8 Å². The van der Waals surface area contributed by atoms with Crippen LogP contribution in [0.5, 0.6) is 0 Å². The Balaban J connectivity index is 1.95. The fraction of sp³-hybridized carbons (Fsp3) is 0.571. The van der Waals surface area contributed by atoms with Crippen LogP contribution in [0.15, 0.2) is 22.8 Å². The molecule has 2 N–H and O–H groups in total. The molecule has 21 heavy (non-hydrogen) atoms. The highest BCUT2D eigenvalue weighted by molar-refractivity contribution is 7.98. The van der Waals surface area contributed by atoms with Crippen molar-refractivity contribution in [3.63, 3.8) is 0 Å². The molecule has 1 saturated carbocycles. The van der Waals surface area contributed by atoms with Crippen LogP contribution in [0.3, 0.4) is 0 Å². The first-order valence-electron chi connectivity index (χ1n) is 6.93. The molecule has 1 atom stereocenters. The molecule has 0 bridgehead atoms. The lowest BCUT2D eigenvalue weighted by Crippen LogP contribution is -2.48. The molecule has 1 fully saturated rings. The molecule has 7 heteroatoms. The van der Waals surface area contributed by atoms with Gasteiger partial charge in [0.15, 0.2) is 0 Å². The Bertz CT molecular complexity index is 473. The third-order valence-corrected chi connectivity index (χ3v) is 4.01. The molecule has 2 rings (SSSR count). The molecule has 116 valence electrons. The molecular weight excluding hydrogens is 292 g/mol. The molecule has 2 amide bonds. The molecule has 1 aromatic heterocycles. The van der Waals surface area contributed by atoms with Gasteiger partial charge in [-0.25, -0.2) is 9.59 Å². The van der Waals surface area contributed by atoms with Crippen molar-refractivity contribution in [1.29, 1.82) is 0 Å². The quantitative estimate of drug-likeness (QED) is 0.768. The highest BCUT2D eigenvalue weighted by Gasteiger charge is 2.34. The van der Waals surface area contributed by atoms with Gasteiger partial charge in [-0.05, 0) is 43.4 Å². The lowest BCUT2D eigenvalue weighted by atomic mass is 10.2. The third-order valence-electron chi connectivity index (χ3n) is 3.36. The van der Waals surface area contributed by atoms with E-state index in [4.69, 9.17) is 4.42 Å². The number of hydrogen-bond acceptors (Lipinski definition) is 4. The molecule has 0 spiro atoms. The number of carbonyl (C=O) groups excluding carboxylic acids is 1. The monoisotopic (exact) mass is 312 g/mol. The van der Waals surface area contributed by atoms with Crippen molar-refractivity contribution in [2.24, 2.45) is 0 Å². The maximum absolute atomic E-state index is 12.3. The van der Waals surface area contributed by atoms with Gasteiger partial charge in [0.1, 0.15) is 11.8 Å². The van der Waals surface area contributed by atoms with Gasteiger partial charge in [-0.1, -0.05) is 0 Å². The summed E-state index contributed by atoms with van der Waals surface area (Å²) in [5, 5.41) is 11.8. The standard InChI is InChI=1S/C14H20N2O4S/c1-21-8-6-12(13(17)18)15-14(19)16(10-4-5-10)9-11-3-2-7-20-11/h2-3,7,10,12H,4-6,8-9H2,1H3,(H,15,19)(H,17,18)/t12-/m0/s1. The second kappa shape index (κ2) is 7.40. The van der Waals surface area contributed by atoms with E-state index in [0.717, 1.165) is 12.8 Å². The molecule has 1 aliphatic carbocycles. The first-order valence-corrected chi connectivity index (χ1v) is 8.32. The third kappa shape index (κ3) is 4.70. The SMILES string of the molecule is CSCC[C@H](NC(=O)N(Cc1ccco1)C1CC1)C(=O)O. The van der Waals surface area contributed by atoms with E-state index in [9.17, 15) is 14.7 Å². The maximum Gasteiger partial charge on any atom is 0.326 e. The number of furan rings is 1. The minimum absolute atomic E-state index is 0.185. The molecule has 0 aromatic carbocycles. The Morgan fingerprint density at radius 3 is 2.86 bits per heavy atom. The lowest BCUT2D eigenvalue weighted by molar-refractivity contribution is -0.139. The van der Waals surface area contributed by atoms with Gasteiger partial charge >= 0.3 is 12.0 Å². The van der Waals surface area contributed by atoms with E-state index in [0.29, 0.717) is 24.5 Å². The van der Waals surface area contributed by atoms with E-state index >= 15 is 0 Å². The van der Waals surface area contributed by atoms with Crippen molar-refractivity contribution in [3.05, 3.63) is 24.2 Å². The molecule has 0 saturated heterocycles. The predicted molar refractivity (Wildman–Crippen MR) is 80.2 cm³/mol. The van der Waals surface area contributed by atoms with E-state index < -0.39 is 12.0 Å². The molecule has 1 heterocycles. The van der Waals surface area contributed by atoms with Crippen LogP contribution in [-0.4, -0.2) is 46.1 Å². The van der Waals surface area contributed by atoms with Gasteiger partial charge in [-0.2, -0.15) is 11.8 Å². The normalized spacial score (nSPS) is 15.5. The summed E-state index contributed by atoms with van der Waals surface area (Å²) in [5.41, 5.74) is 0. The number of rotatable bonds is 8. The number of carbonyl (C=O) groups is 2. The molecule has 6 nitrogen and oxygen atoms in total. The number of carboxylic acid groups (broad SMARTS) is 1. The van der Waals surface area contributed by atoms with Gasteiger partial charge in [-0.15, -0.1) is 0 Å². The van der Waals surface area contributed by atoms with Gasteiger partial charge in [0.2, 0.25) is 0 Å². The number of carboxylic acids is 1. The zero-order valence-corrected chi connectivity index (χ0v) is 12.8. The van der Waals surface area contributed by atoms with Gasteiger partial charge in [0, 0.05) is 6.04 Å². The number of amides is 2. The van der Waals surface area contributed by atoms with Crippen molar-refractivity contribution in [3.8, 4) is 0 Å². The lowest BCUT2D eigenvalue weighted by Gasteiger charge is -2.24. The second-order valence-electron chi connectivity index (χ2n) is 5.06. The summed E-state index contributed by atoms with van der Waals surface area (Å²) in [7, 11) is 0. The first-order chi connectivity index (χ1) is 10.1. The molecule has 1 aromatic rings.